The van der Waals surface area contributed by atoms with Crippen LogP contribution in [-0.4, -0.2) is 46.2 Å². The Labute approximate surface area is 131 Å². The van der Waals surface area contributed by atoms with E-state index in [0.717, 1.165) is 25.0 Å². The molecule has 6 heteroatoms. The number of nitrogens with zero attached hydrogens (tertiary/aromatic N) is 2. The first-order valence-corrected chi connectivity index (χ1v) is 8.16. The van der Waals surface area contributed by atoms with Crippen LogP contribution >= 0.6 is 0 Å². The van der Waals surface area contributed by atoms with Crippen molar-refractivity contribution in [2.24, 2.45) is 5.92 Å². The summed E-state index contributed by atoms with van der Waals surface area (Å²) in [5.41, 5.74) is 1.41. The topological polar surface area (TPSA) is 76.4 Å². The highest BCUT2D eigenvalue weighted by atomic mass is 16.5. The molecule has 0 spiro atoms. The second kappa shape index (κ2) is 7.74. The van der Waals surface area contributed by atoms with E-state index in [1.54, 1.807) is 4.68 Å². The Morgan fingerprint density at radius 3 is 2.86 bits per heavy atom. The maximum absolute atomic E-state index is 12.5. The molecule has 0 radical (unpaired) electrons. The van der Waals surface area contributed by atoms with E-state index in [0.29, 0.717) is 31.4 Å². The Bertz CT molecular complexity index is 495. The number of hydrogen-bond donors (Lipinski definition) is 2. The van der Waals surface area contributed by atoms with E-state index in [1.807, 2.05) is 19.9 Å². The predicted octanol–water partition coefficient (Wildman–Crippen LogP) is 1.51. The Balaban J connectivity index is 1.98. The third-order valence-electron chi connectivity index (χ3n) is 4.26. The van der Waals surface area contributed by atoms with Gasteiger partial charge in [0.15, 0.2) is 0 Å². The molecule has 124 valence electrons. The summed E-state index contributed by atoms with van der Waals surface area (Å²) in [5.74, 6) is 0.287. The fourth-order valence-electron chi connectivity index (χ4n) is 2.95. The molecule has 0 aliphatic heterocycles. The van der Waals surface area contributed by atoms with Crippen LogP contribution in [0.2, 0.25) is 0 Å². The highest BCUT2D eigenvalue weighted by Gasteiger charge is 2.34. The van der Waals surface area contributed by atoms with Gasteiger partial charge in [-0.15, -0.1) is 0 Å². The summed E-state index contributed by atoms with van der Waals surface area (Å²) in [7, 11) is 0. The average molecular weight is 309 g/mol. The van der Waals surface area contributed by atoms with E-state index in [-0.39, 0.29) is 18.1 Å². The smallest absolute Gasteiger partial charge is 0.269 e. The third kappa shape index (κ3) is 4.08. The average Bonchev–Trinajstić information content (AvgIpc) is 2.83. The predicted molar refractivity (Wildman–Crippen MR) is 83.7 cm³/mol. The number of ether oxygens (including phenoxy) is 1. The van der Waals surface area contributed by atoms with Crippen molar-refractivity contribution in [1.82, 2.24) is 15.1 Å². The van der Waals surface area contributed by atoms with Crippen LogP contribution in [0.15, 0.2) is 6.07 Å². The molecule has 1 heterocycles. The molecule has 0 aromatic carbocycles. The lowest BCUT2D eigenvalue weighted by Gasteiger charge is -2.37. The van der Waals surface area contributed by atoms with Crippen molar-refractivity contribution < 1.29 is 14.6 Å². The molecule has 1 saturated carbocycles. The zero-order valence-electron chi connectivity index (χ0n) is 13.7. The van der Waals surface area contributed by atoms with E-state index in [4.69, 9.17) is 4.74 Å². The van der Waals surface area contributed by atoms with E-state index in [2.05, 4.69) is 17.3 Å². The van der Waals surface area contributed by atoms with Gasteiger partial charge in [0.1, 0.15) is 5.69 Å². The van der Waals surface area contributed by atoms with E-state index < -0.39 is 0 Å². The van der Waals surface area contributed by atoms with Gasteiger partial charge < -0.3 is 15.2 Å². The van der Waals surface area contributed by atoms with Crippen molar-refractivity contribution in [3.63, 3.8) is 0 Å². The van der Waals surface area contributed by atoms with Crippen LogP contribution in [0.1, 0.15) is 49.3 Å². The van der Waals surface area contributed by atoms with Gasteiger partial charge in [-0.25, -0.2) is 0 Å². The highest BCUT2D eigenvalue weighted by Crippen LogP contribution is 2.31. The van der Waals surface area contributed by atoms with Crippen molar-refractivity contribution in [2.45, 2.75) is 58.7 Å². The fourth-order valence-corrected chi connectivity index (χ4v) is 2.95. The lowest BCUT2D eigenvalue weighted by atomic mass is 9.76. The molecule has 6 nitrogen and oxygen atoms in total. The number of amides is 1. The van der Waals surface area contributed by atoms with Crippen LogP contribution in [0.25, 0.3) is 0 Å². The normalized spacial score (nSPS) is 22.2. The number of aryl methyl sites for hydroxylation is 1. The molecule has 0 unspecified atom stereocenters. The number of hydrogen-bond acceptors (Lipinski definition) is 4. The summed E-state index contributed by atoms with van der Waals surface area (Å²) in [5, 5.41) is 16.9. The van der Waals surface area contributed by atoms with Crippen LogP contribution in [0, 0.1) is 12.8 Å². The summed E-state index contributed by atoms with van der Waals surface area (Å²) in [6.07, 6.45) is 2.23. The van der Waals surface area contributed by atoms with Gasteiger partial charge in [-0.05, 0) is 45.1 Å². The van der Waals surface area contributed by atoms with Crippen molar-refractivity contribution >= 4 is 5.91 Å². The largest absolute Gasteiger partial charge is 0.393 e. The first-order chi connectivity index (χ1) is 10.5. The van der Waals surface area contributed by atoms with E-state index in [1.165, 1.54) is 0 Å². The van der Waals surface area contributed by atoms with E-state index >= 15 is 0 Å². The van der Waals surface area contributed by atoms with Crippen molar-refractivity contribution in [3.05, 3.63) is 17.5 Å². The summed E-state index contributed by atoms with van der Waals surface area (Å²) < 4.78 is 7.05. The van der Waals surface area contributed by atoms with Gasteiger partial charge in [0, 0.05) is 12.6 Å². The maximum atomic E-state index is 12.5. The van der Waals surface area contributed by atoms with Crippen LogP contribution in [0.3, 0.4) is 0 Å². The van der Waals surface area contributed by atoms with Crippen molar-refractivity contribution in [1.29, 1.82) is 0 Å². The van der Waals surface area contributed by atoms with Gasteiger partial charge in [0.2, 0.25) is 0 Å². The Morgan fingerprint density at radius 2 is 2.27 bits per heavy atom. The second-order valence-electron chi connectivity index (χ2n) is 5.96. The SMILES string of the molecule is CCOCCn1nc(C)cc1C(=O)N[C@H](CC)C1CC(O)C1. The van der Waals surface area contributed by atoms with Gasteiger partial charge in [-0.3, -0.25) is 9.48 Å². The number of aliphatic hydroxyl groups is 1. The van der Waals surface area contributed by atoms with Crippen molar-refractivity contribution in [2.75, 3.05) is 13.2 Å². The van der Waals surface area contributed by atoms with Crippen molar-refractivity contribution in [3.8, 4) is 0 Å². The molecule has 0 saturated heterocycles. The lowest BCUT2D eigenvalue weighted by molar-refractivity contribution is 0.0231. The Morgan fingerprint density at radius 1 is 1.55 bits per heavy atom. The second-order valence-corrected chi connectivity index (χ2v) is 5.96. The summed E-state index contributed by atoms with van der Waals surface area (Å²) in [6, 6.07) is 1.93. The number of carbonyl (C=O) groups excluding carboxylic acids is 1. The molecule has 1 atom stereocenters. The standard InChI is InChI=1S/C16H27N3O3/c1-4-14(12-9-13(20)10-12)17-16(21)15-8-11(3)18-19(15)6-7-22-5-2/h8,12-14,20H,4-7,9-10H2,1-3H3,(H,17,21)/t12?,13?,14-/m1/s1. The number of carbonyl (C=O) groups is 1. The first-order valence-electron chi connectivity index (χ1n) is 8.16. The molecule has 1 fully saturated rings. The Kier molecular flexibility index (Phi) is 5.97. The first kappa shape index (κ1) is 17.0. The number of aromatic nitrogens is 2. The molecule has 0 bridgehead atoms. The number of rotatable bonds is 8. The molecular weight excluding hydrogens is 282 g/mol. The minimum absolute atomic E-state index is 0.0923. The molecule has 1 aromatic rings. The lowest BCUT2D eigenvalue weighted by Crippen LogP contribution is -2.47. The molecule has 22 heavy (non-hydrogen) atoms. The fraction of sp³-hybridized carbons (Fsp3) is 0.750. The van der Waals surface area contributed by atoms with E-state index in [9.17, 15) is 9.90 Å². The quantitative estimate of drug-likeness (QED) is 0.714. The maximum Gasteiger partial charge on any atom is 0.269 e. The summed E-state index contributed by atoms with van der Waals surface area (Å²) in [6.45, 7) is 7.67. The zero-order chi connectivity index (χ0) is 16.1. The molecular formula is C16H27N3O3. The minimum Gasteiger partial charge on any atom is -0.393 e. The summed E-state index contributed by atoms with van der Waals surface area (Å²) >= 11 is 0. The van der Waals surface area contributed by atoms with Crippen LogP contribution in [0.4, 0.5) is 0 Å². The van der Waals surface area contributed by atoms with Gasteiger partial charge in [0.05, 0.1) is 24.9 Å². The molecule has 1 aliphatic carbocycles. The zero-order valence-corrected chi connectivity index (χ0v) is 13.7. The molecule has 2 N–H and O–H groups in total. The van der Waals surface area contributed by atoms with Crippen LogP contribution in [0.5, 0.6) is 0 Å². The molecule has 2 rings (SSSR count). The van der Waals surface area contributed by atoms with Gasteiger partial charge in [-0.2, -0.15) is 5.10 Å². The summed E-state index contributed by atoms with van der Waals surface area (Å²) in [4.78, 5) is 12.5. The number of nitrogens with one attached hydrogen (secondary N) is 1. The highest BCUT2D eigenvalue weighted by molar-refractivity contribution is 5.92. The Hall–Kier alpha value is -1.40. The van der Waals surface area contributed by atoms with Gasteiger partial charge in [-0.1, -0.05) is 6.92 Å². The van der Waals surface area contributed by atoms with Gasteiger partial charge in [0.25, 0.3) is 5.91 Å². The number of aliphatic hydroxyl groups excluding tert-OH is 1. The van der Waals surface area contributed by atoms with Crippen LogP contribution < -0.4 is 5.32 Å². The van der Waals surface area contributed by atoms with Gasteiger partial charge >= 0.3 is 0 Å². The monoisotopic (exact) mass is 309 g/mol. The molecule has 1 aromatic heterocycles. The van der Waals surface area contributed by atoms with Crippen LogP contribution in [-0.2, 0) is 11.3 Å². The third-order valence-corrected chi connectivity index (χ3v) is 4.26. The molecule has 1 aliphatic rings. The molecule has 1 amide bonds. The minimum atomic E-state index is -0.199.